The number of carbonyl (C=O) groups excluding carboxylic acids is 2. The normalized spacial score (nSPS) is 13.6. The Bertz CT molecular complexity index is 287. The summed E-state index contributed by atoms with van der Waals surface area (Å²) in [7, 11) is 0. The predicted molar refractivity (Wildman–Crippen MR) is 63.0 cm³/mol. The van der Waals surface area contributed by atoms with E-state index in [9.17, 15) is 9.59 Å². The van der Waals surface area contributed by atoms with Gasteiger partial charge in [0.15, 0.2) is 0 Å². The van der Waals surface area contributed by atoms with E-state index in [1.165, 1.54) is 0 Å². The van der Waals surface area contributed by atoms with E-state index in [0.717, 1.165) is 0 Å². The lowest BCUT2D eigenvalue weighted by molar-refractivity contribution is -0.146. The van der Waals surface area contributed by atoms with Crippen LogP contribution in [-0.2, 0) is 19.1 Å². The molecule has 0 bridgehead atoms. The van der Waals surface area contributed by atoms with Crippen molar-refractivity contribution in [2.45, 2.75) is 32.4 Å². The molecule has 0 radical (unpaired) electrons. The first kappa shape index (κ1) is 15.6. The van der Waals surface area contributed by atoms with Crippen molar-refractivity contribution in [2.24, 2.45) is 11.5 Å². The predicted octanol–water partition coefficient (Wildman–Crippen LogP) is -0.286. The fourth-order valence-electron chi connectivity index (χ4n) is 0.831. The van der Waals surface area contributed by atoms with E-state index in [0.29, 0.717) is 0 Å². The van der Waals surface area contributed by atoms with Gasteiger partial charge in [-0.05, 0) is 13.8 Å². The van der Waals surface area contributed by atoms with Crippen LogP contribution in [0.2, 0.25) is 0 Å². The van der Waals surface area contributed by atoms with Crippen molar-refractivity contribution in [3.63, 3.8) is 0 Å². The van der Waals surface area contributed by atoms with Crippen LogP contribution in [0.3, 0.4) is 0 Å². The van der Waals surface area contributed by atoms with Gasteiger partial charge in [0, 0.05) is 17.7 Å². The molecule has 2 unspecified atom stereocenters. The molecular formula is C11H20N2O4. The van der Waals surface area contributed by atoms with Crippen molar-refractivity contribution in [3.8, 4) is 0 Å². The van der Waals surface area contributed by atoms with Gasteiger partial charge < -0.3 is 20.9 Å². The Morgan fingerprint density at radius 1 is 1.12 bits per heavy atom. The molecule has 0 aromatic carbocycles. The quantitative estimate of drug-likeness (QED) is 0.471. The SMILES string of the molecule is C=C(CC(=O)OCC(C)N)C(=O)OCC(C)N. The first-order chi connectivity index (χ1) is 7.82. The second-order valence-electron chi connectivity index (χ2n) is 4.02. The molecule has 0 saturated carbocycles. The van der Waals surface area contributed by atoms with Gasteiger partial charge in [-0.25, -0.2) is 4.79 Å². The van der Waals surface area contributed by atoms with Crippen LogP contribution in [-0.4, -0.2) is 37.2 Å². The average molecular weight is 244 g/mol. The third kappa shape index (κ3) is 8.41. The summed E-state index contributed by atoms with van der Waals surface area (Å²) in [6.07, 6.45) is -0.204. The molecule has 2 atom stereocenters. The Hall–Kier alpha value is -1.40. The summed E-state index contributed by atoms with van der Waals surface area (Å²) < 4.78 is 9.59. The minimum absolute atomic E-state index is 0.0420. The van der Waals surface area contributed by atoms with E-state index in [2.05, 4.69) is 6.58 Å². The number of rotatable bonds is 7. The smallest absolute Gasteiger partial charge is 0.334 e. The number of ether oxygens (including phenoxy) is 2. The van der Waals surface area contributed by atoms with E-state index in [4.69, 9.17) is 20.9 Å². The fourth-order valence-corrected chi connectivity index (χ4v) is 0.831. The molecule has 6 heteroatoms. The molecule has 0 aromatic rings. The van der Waals surface area contributed by atoms with E-state index in [1.807, 2.05) is 0 Å². The van der Waals surface area contributed by atoms with Crippen molar-refractivity contribution < 1.29 is 19.1 Å². The van der Waals surface area contributed by atoms with E-state index in [1.54, 1.807) is 13.8 Å². The van der Waals surface area contributed by atoms with Gasteiger partial charge in [-0.1, -0.05) is 6.58 Å². The lowest BCUT2D eigenvalue weighted by Gasteiger charge is -2.10. The third-order valence-corrected chi connectivity index (χ3v) is 1.63. The first-order valence-corrected chi connectivity index (χ1v) is 5.34. The Labute approximate surface area is 101 Å². The molecular weight excluding hydrogens is 224 g/mol. The highest BCUT2D eigenvalue weighted by molar-refractivity contribution is 5.93. The van der Waals surface area contributed by atoms with E-state index >= 15 is 0 Å². The van der Waals surface area contributed by atoms with Gasteiger partial charge in [0.1, 0.15) is 13.2 Å². The van der Waals surface area contributed by atoms with Gasteiger partial charge in [-0.3, -0.25) is 4.79 Å². The summed E-state index contributed by atoms with van der Waals surface area (Å²) in [5.74, 6) is -1.19. The van der Waals surface area contributed by atoms with Crippen molar-refractivity contribution in [1.82, 2.24) is 0 Å². The van der Waals surface area contributed by atoms with Crippen LogP contribution in [0.15, 0.2) is 12.2 Å². The molecule has 6 nitrogen and oxygen atoms in total. The van der Waals surface area contributed by atoms with Gasteiger partial charge in [-0.2, -0.15) is 0 Å². The van der Waals surface area contributed by atoms with Crippen molar-refractivity contribution >= 4 is 11.9 Å². The van der Waals surface area contributed by atoms with Crippen LogP contribution in [0.4, 0.5) is 0 Å². The van der Waals surface area contributed by atoms with Gasteiger partial charge in [0.2, 0.25) is 0 Å². The Morgan fingerprint density at radius 2 is 1.59 bits per heavy atom. The molecule has 0 saturated heterocycles. The lowest BCUT2D eigenvalue weighted by atomic mass is 10.2. The number of hydrogen-bond donors (Lipinski definition) is 2. The second-order valence-corrected chi connectivity index (χ2v) is 4.02. The molecule has 0 fully saturated rings. The zero-order chi connectivity index (χ0) is 13.4. The van der Waals surface area contributed by atoms with Crippen molar-refractivity contribution in [1.29, 1.82) is 0 Å². The largest absolute Gasteiger partial charge is 0.464 e. The Kier molecular flexibility index (Phi) is 7.16. The highest BCUT2D eigenvalue weighted by atomic mass is 16.5. The highest BCUT2D eigenvalue weighted by Crippen LogP contribution is 2.03. The summed E-state index contributed by atoms with van der Waals surface area (Å²) in [5.41, 5.74) is 10.9. The number of carbonyl (C=O) groups is 2. The summed E-state index contributed by atoms with van der Waals surface area (Å²) >= 11 is 0. The van der Waals surface area contributed by atoms with Crippen LogP contribution >= 0.6 is 0 Å². The van der Waals surface area contributed by atoms with Crippen LogP contribution in [0.1, 0.15) is 20.3 Å². The third-order valence-electron chi connectivity index (χ3n) is 1.63. The Balaban J connectivity index is 3.91. The highest BCUT2D eigenvalue weighted by Gasteiger charge is 2.15. The molecule has 98 valence electrons. The molecule has 0 aliphatic rings. The standard InChI is InChI=1S/C11H20N2O4/c1-7(11(15)17-6-9(3)13)4-10(14)16-5-8(2)12/h8-9H,1,4-6,12-13H2,2-3H3. The molecule has 4 N–H and O–H groups in total. The van der Waals surface area contributed by atoms with E-state index < -0.39 is 11.9 Å². The minimum atomic E-state index is -0.639. The number of hydrogen-bond acceptors (Lipinski definition) is 6. The molecule has 0 rings (SSSR count). The topological polar surface area (TPSA) is 105 Å². The van der Waals surface area contributed by atoms with Crippen molar-refractivity contribution in [2.75, 3.05) is 13.2 Å². The van der Waals surface area contributed by atoms with Gasteiger partial charge >= 0.3 is 11.9 Å². The maximum Gasteiger partial charge on any atom is 0.334 e. The minimum Gasteiger partial charge on any atom is -0.464 e. The monoisotopic (exact) mass is 244 g/mol. The number of esters is 2. The summed E-state index contributed by atoms with van der Waals surface area (Å²) in [6, 6.07) is -0.492. The summed E-state index contributed by atoms with van der Waals surface area (Å²) in [4.78, 5) is 22.5. The van der Waals surface area contributed by atoms with Gasteiger partial charge in [0.05, 0.1) is 6.42 Å². The van der Waals surface area contributed by atoms with Crippen LogP contribution < -0.4 is 11.5 Å². The lowest BCUT2D eigenvalue weighted by Crippen LogP contribution is -2.26. The molecule has 0 aliphatic carbocycles. The average Bonchev–Trinajstić information content (AvgIpc) is 2.22. The molecule has 0 aliphatic heterocycles. The van der Waals surface area contributed by atoms with Crippen molar-refractivity contribution in [3.05, 3.63) is 12.2 Å². The van der Waals surface area contributed by atoms with Crippen LogP contribution in [0.5, 0.6) is 0 Å². The second kappa shape index (κ2) is 7.81. The first-order valence-electron chi connectivity index (χ1n) is 5.34. The number of nitrogens with two attached hydrogens (primary N) is 2. The molecule has 0 spiro atoms. The van der Waals surface area contributed by atoms with Gasteiger partial charge in [0.25, 0.3) is 0 Å². The molecule has 17 heavy (non-hydrogen) atoms. The van der Waals surface area contributed by atoms with Crippen LogP contribution in [0.25, 0.3) is 0 Å². The summed E-state index contributed by atoms with van der Waals surface area (Å²) in [6.45, 7) is 7.06. The van der Waals surface area contributed by atoms with Gasteiger partial charge in [-0.15, -0.1) is 0 Å². The summed E-state index contributed by atoms with van der Waals surface area (Å²) in [5, 5.41) is 0. The molecule has 0 amide bonds. The Morgan fingerprint density at radius 3 is 2.06 bits per heavy atom. The van der Waals surface area contributed by atoms with E-state index in [-0.39, 0.29) is 37.3 Å². The zero-order valence-corrected chi connectivity index (χ0v) is 10.3. The maximum absolute atomic E-state index is 11.3. The molecule has 0 heterocycles. The van der Waals surface area contributed by atoms with Crippen LogP contribution in [0, 0.1) is 0 Å². The zero-order valence-electron chi connectivity index (χ0n) is 10.3. The fraction of sp³-hybridized carbons (Fsp3) is 0.636. The maximum atomic E-state index is 11.3. The molecule has 0 aromatic heterocycles.